The van der Waals surface area contributed by atoms with E-state index >= 15 is 0 Å². The summed E-state index contributed by atoms with van der Waals surface area (Å²) >= 11 is 6.35. The van der Waals surface area contributed by atoms with Crippen LogP contribution in [0.25, 0.3) is 0 Å². The van der Waals surface area contributed by atoms with Crippen molar-refractivity contribution in [3.63, 3.8) is 0 Å². The number of carbonyl (C=O) groups is 3. The smallest absolute Gasteiger partial charge is 0.410 e. The van der Waals surface area contributed by atoms with Crippen LogP contribution in [0.1, 0.15) is 59.4 Å². The first-order valence-corrected chi connectivity index (χ1v) is 16.1. The number of amides is 3. The van der Waals surface area contributed by atoms with Crippen molar-refractivity contribution in [3.8, 4) is 5.75 Å². The molecule has 0 unspecified atom stereocenters. The fourth-order valence-electron chi connectivity index (χ4n) is 5.65. The molecule has 2 aliphatic heterocycles. The average Bonchev–Trinajstić information content (AvgIpc) is 3.44. The van der Waals surface area contributed by atoms with E-state index in [4.69, 9.17) is 16.3 Å². The number of aromatic amines is 1. The molecular weight excluding hydrogens is 672 g/mol. The molecule has 3 amide bonds. The van der Waals surface area contributed by atoms with Crippen molar-refractivity contribution in [1.29, 1.82) is 0 Å². The number of alkyl halides is 2. The number of rotatable bonds is 12. The molecule has 0 atom stereocenters. The van der Waals surface area contributed by atoms with Crippen molar-refractivity contribution in [2.45, 2.75) is 45.8 Å². The first-order chi connectivity index (χ1) is 23.1. The summed E-state index contributed by atoms with van der Waals surface area (Å²) in [5, 5.41) is 5.62. The Kier molecular flexibility index (Phi) is 11.0. The molecule has 2 aliphatic rings. The zero-order valence-corrected chi connectivity index (χ0v) is 27.9. The lowest BCUT2D eigenvalue weighted by Gasteiger charge is -2.46. The topological polar surface area (TPSA) is 129 Å². The van der Waals surface area contributed by atoms with Crippen molar-refractivity contribution in [1.82, 2.24) is 25.1 Å². The third-order valence-corrected chi connectivity index (χ3v) is 8.35. The summed E-state index contributed by atoms with van der Waals surface area (Å²) in [4.78, 5) is 48.3. The Morgan fingerprint density at radius 3 is 2.45 bits per heavy atom. The molecule has 0 spiro atoms. The van der Waals surface area contributed by atoms with Crippen LogP contribution in [0, 0.1) is 23.5 Å². The Labute approximate surface area is 285 Å². The van der Waals surface area contributed by atoms with Gasteiger partial charge in [-0.2, -0.15) is 13.2 Å². The van der Waals surface area contributed by atoms with Gasteiger partial charge in [-0.15, -0.1) is 0 Å². The second-order valence-corrected chi connectivity index (χ2v) is 13.6. The predicted molar refractivity (Wildman–Crippen MR) is 172 cm³/mol. The number of imidazole rings is 1. The summed E-state index contributed by atoms with van der Waals surface area (Å²) in [6, 6.07) is 6.41. The largest absolute Gasteiger partial charge is 0.444 e. The van der Waals surface area contributed by atoms with Crippen LogP contribution >= 0.6 is 11.6 Å². The van der Waals surface area contributed by atoms with E-state index in [0.29, 0.717) is 37.2 Å². The number of hydrogen-bond donors (Lipinski definition) is 3. The monoisotopic (exact) mass is 708 g/mol. The molecule has 16 heteroatoms. The SMILES string of the molecule is CC(C)(C)OC(=O)N1CC(CN2CC(CCNC(=O)c3ccc(NC(=O)c4ncc(Cc5ccc(OC(F)F)c(F)c5F)[nH]4)cc3Cl)C2)C1. The molecule has 0 aliphatic carbocycles. The van der Waals surface area contributed by atoms with Gasteiger partial charge in [0.05, 0.1) is 10.6 Å². The van der Waals surface area contributed by atoms with E-state index in [9.17, 15) is 31.9 Å². The van der Waals surface area contributed by atoms with Crippen molar-refractivity contribution >= 4 is 35.2 Å². The molecule has 0 bridgehead atoms. The number of anilines is 1. The Hall–Kier alpha value is -4.37. The number of benzene rings is 2. The van der Waals surface area contributed by atoms with E-state index in [1.54, 1.807) is 4.90 Å². The summed E-state index contributed by atoms with van der Waals surface area (Å²) in [6.45, 7) is 6.94. The Bertz CT molecular complexity index is 1690. The van der Waals surface area contributed by atoms with Gasteiger partial charge in [0.15, 0.2) is 17.4 Å². The number of hydrogen-bond acceptors (Lipinski definition) is 7. The van der Waals surface area contributed by atoms with E-state index in [1.807, 2.05) is 20.8 Å². The minimum atomic E-state index is -3.31. The Morgan fingerprint density at radius 2 is 1.78 bits per heavy atom. The first kappa shape index (κ1) is 35.9. The molecule has 0 saturated carbocycles. The first-order valence-electron chi connectivity index (χ1n) is 15.7. The molecule has 264 valence electrons. The van der Waals surface area contributed by atoms with Gasteiger partial charge in [-0.25, -0.2) is 14.2 Å². The highest BCUT2D eigenvalue weighted by Crippen LogP contribution is 2.27. The van der Waals surface area contributed by atoms with Crippen LogP contribution in [0.15, 0.2) is 36.5 Å². The van der Waals surface area contributed by atoms with Crippen molar-refractivity contribution in [2.24, 2.45) is 11.8 Å². The van der Waals surface area contributed by atoms with Crippen LogP contribution in [0.2, 0.25) is 5.02 Å². The lowest BCUT2D eigenvalue weighted by atomic mass is 9.92. The molecular formula is C33H37ClF4N6O5. The van der Waals surface area contributed by atoms with E-state index in [1.165, 1.54) is 24.4 Å². The molecule has 3 heterocycles. The number of carbonyl (C=O) groups excluding carboxylic acids is 3. The molecule has 49 heavy (non-hydrogen) atoms. The van der Waals surface area contributed by atoms with E-state index in [2.05, 4.69) is 30.2 Å². The minimum Gasteiger partial charge on any atom is -0.444 e. The quantitative estimate of drug-likeness (QED) is 0.206. The number of ether oxygens (including phenoxy) is 2. The number of aromatic nitrogens is 2. The van der Waals surface area contributed by atoms with Gasteiger partial charge < -0.3 is 34.9 Å². The van der Waals surface area contributed by atoms with Crippen LogP contribution in [0.3, 0.4) is 0 Å². The Morgan fingerprint density at radius 1 is 1.04 bits per heavy atom. The summed E-state index contributed by atoms with van der Waals surface area (Å²) in [7, 11) is 0. The van der Waals surface area contributed by atoms with Crippen LogP contribution < -0.4 is 15.4 Å². The zero-order chi connectivity index (χ0) is 35.5. The average molecular weight is 709 g/mol. The second-order valence-electron chi connectivity index (χ2n) is 13.2. The highest BCUT2D eigenvalue weighted by Gasteiger charge is 2.37. The Balaban J connectivity index is 1.02. The third-order valence-electron chi connectivity index (χ3n) is 8.04. The maximum absolute atomic E-state index is 14.4. The third kappa shape index (κ3) is 9.41. The normalized spacial score (nSPS) is 15.5. The summed E-state index contributed by atoms with van der Waals surface area (Å²) in [5.41, 5.74) is 0.133. The maximum Gasteiger partial charge on any atom is 0.410 e. The van der Waals surface area contributed by atoms with Crippen LogP contribution in [-0.2, 0) is 11.2 Å². The number of likely N-dealkylation sites (tertiary alicyclic amines) is 2. The van der Waals surface area contributed by atoms with Crippen molar-refractivity contribution in [3.05, 3.63) is 75.8 Å². The van der Waals surface area contributed by atoms with Gasteiger partial charge >= 0.3 is 12.7 Å². The molecule has 1 aromatic heterocycles. The molecule has 2 aromatic carbocycles. The zero-order valence-electron chi connectivity index (χ0n) is 27.1. The van der Waals surface area contributed by atoms with Crippen LogP contribution in [0.4, 0.5) is 28.0 Å². The number of H-pyrrole nitrogens is 1. The van der Waals surface area contributed by atoms with E-state index < -0.39 is 35.5 Å². The van der Waals surface area contributed by atoms with Gasteiger partial charge in [0.1, 0.15) is 5.60 Å². The minimum absolute atomic E-state index is 0.128. The number of halogens is 5. The molecule has 2 saturated heterocycles. The van der Waals surface area contributed by atoms with Gasteiger partial charge in [0.25, 0.3) is 11.8 Å². The van der Waals surface area contributed by atoms with Gasteiger partial charge in [0.2, 0.25) is 5.82 Å². The maximum atomic E-state index is 14.4. The van der Waals surface area contributed by atoms with Crippen LogP contribution in [-0.4, -0.2) is 89.2 Å². The number of nitrogens with zero attached hydrogens (tertiary/aromatic N) is 3. The number of nitrogens with one attached hydrogen (secondary N) is 3. The van der Waals surface area contributed by atoms with Gasteiger partial charge in [-0.05, 0) is 62.9 Å². The summed E-state index contributed by atoms with van der Waals surface area (Å²) < 4.78 is 62.5. The van der Waals surface area contributed by atoms with E-state index in [-0.39, 0.29) is 46.1 Å². The highest BCUT2D eigenvalue weighted by molar-refractivity contribution is 6.34. The van der Waals surface area contributed by atoms with Gasteiger partial charge in [0, 0.05) is 69.2 Å². The fraction of sp³-hybridized carbons (Fsp3) is 0.455. The second kappa shape index (κ2) is 15.0. The molecule has 5 rings (SSSR count). The summed E-state index contributed by atoms with van der Waals surface area (Å²) in [5.74, 6) is -4.05. The molecule has 3 N–H and O–H groups in total. The predicted octanol–water partition coefficient (Wildman–Crippen LogP) is 5.70. The van der Waals surface area contributed by atoms with Crippen LogP contribution in [0.5, 0.6) is 5.75 Å². The molecule has 0 radical (unpaired) electrons. The standard InChI is InChI=1S/C33H37ClF4N6O5/c1-33(2,3)49-32(47)44-16-19(17-44)15-43-13-18(14-43)8-9-39-29(45)23-6-5-21(11-24(23)34)42-30(46)28-40-12-22(41-28)10-20-4-7-25(48-31(37)38)27(36)26(20)35/h4-7,11-12,18-19,31H,8-10,13-17H2,1-3H3,(H,39,45)(H,40,41)(H,42,46). The fourth-order valence-corrected chi connectivity index (χ4v) is 5.92. The van der Waals surface area contributed by atoms with Crippen molar-refractivity contribution in [2.75, 3.05) is 44.6 Å². The molecule has 3 aromatic rings. The lowest BCUT2D eigenvalue weighted by molar-refractivity contribution is -0.0525. The van der Waals surface area contributed by atoms with Gasteiger partial charge in [-0.1, -0.05) is 17.7 Å². The lowest BCUT2D eigenvalue weighted by Crippen LogP contribution is -2.58. The van der Waals surface area contributed by atoms with E-state index in [0.717, 1.165) is 38.2 Å². The molecule has 2 fully saturated rings. The molecule has 11 nitrogen and oxygen atoms in total. The van der Waals surface area contributed by atoms with Crippen molar-refractivity contribution < 1.29 is 41.4 Å². The van der Waals surface area contributed by atoms with Gasteiger partial charge in [-0.3, -0.25) is 9.59 Å². The highest BCUT2D eigenvalue weighted by atomic mass is 35.5. The summed E-state index contributed by atoms with van der Waals surface area (Å²) in [6.07, 6.45) is 1.60.